The highest BCUT2D eigenvalue weighted by atomic mass is 79.9. The molecule has 0 atom stereocenters. The van der Waals surface area contributed by atoms with Gasteiger partial charge < -0.3 is 0 Å². The average Bonchev–Trinajstić information content (AvgIpc) is 2.56. The Bertz CT molecular complexity index is 765. The van der Waals surface area contributed by atoms with Crippen molar-refractivity contribution in [1.29, 1.82) is 0 Å². The monoisotopic (exact) mass is 339 g/mol. The van der Waals surface area contributed by atoms with E-state index >= 15 is 0 Å². The number of hydrogen-bond donors (Lipinski definition) is 0. The van der Waals surface area contributed by atoms with Crippen molar-refractivity contribution in [1.82, 2.24) is 0 Å². The number of hydrogen-bond acceptors (Lipinski definition) is 1. The van der Waals surface area contributed by atoms with Crippen molar-refractivity contribution in [3.63, 3.8) is 0 Å². The lowest BCUT2D eigenvalue weighted by Crippen LogP contribution is -2.26. The van der Waals surface area contributed by atoms with Crippen molar-refractivity contribution >= 4 is 44.0 Å². The van der Waals surface area contributed by atoms with Gasteiger partial charge in [-0.2, -0.15) is 0 Å². The second-order valence-corrected chi connectivity index (χ2v) is 5.26. The molecule has 3 aromatic rings. The summed E-state index contributed by atoms with van der Waals surface area (Å²) in [4.78, 5) is 14.2. The molecule has 104 valence electrons. The van der Waals surface area contributed by atoms with Crippen LogP contribution in [0.1, 0.15) is 0 Å². The zero-order valence-electron chi connectivity index (χ0n) is 11.4. The Morgan fingerprint density at radius 2 is 1.52 bits per heavy atom. The number of para-hydroxylation sites is 1. The molecule has 2 nitrogen and oxygen atoms in total. The van der Waals surface area contributed by atoms with Crippen molar-refractivity contribution in [3.8, 4) is 0 Å². The zero-order valence-corrected chi connectivity index (χ0v) is 13.0. The van der Waals surface area contributed by atoms with E-state index in [1.165, 1.54) is 0 Å². The first kappa shape index (κ1) is 13.8. The van der Waals surface area contributed by atoms with Crippen LogP contribution >= 0.6 is 15.9 Å². The van der Waals surface area contributed by atoms with Gasteiger partial charge in [-0.05, 0) is 23.6 Å². The molecule has 0 aliphatic rings. The predicted molar refractivity (Wildman–Crippen MR) is 91.3 cm³/mol. The molecule has 3 heteroatoms. The standard InChI is InChI=1S/C18H14BrNO/c19-13-18(21)20(15-9-2-1-3-10-15)17-12-6-8-14-7-4-5-11-16(14)17/h1-12H,13H2. The van der Waals surface area contributed by atoms with Gasteiger partial charge in [0.25, 0.3) is 0 Å². The predicted octanol–water partition coefficient (Wildman–Crippen LogP) is 4.90. The number of rotatable bonds is 3. The maximum absolute atomic E-state index is 12.4. The van der Waals surface area contributed by atoms with Crippen molar-refractivity contribution in [2.24, 2.45) is 0 Å². The Morgan fingerprint density at radius 3 is 2.29 bits per heavy atom. The van der Waals surface area contributed by atoms with Crippen LogP contribution in [0.4, 0.5) is 11.4 Å². The van der Waals surface area contributed by atoms with Gasteiger partial charge in [0.05, 0.1) is 11.0 Å². The maximum atomic E-state index is 12.4. The van der Waals surface area contributed by atoms with Gasteiger partial charge in [0.15, 0.2) is 0 Å². The van der Waals surface area contributed by atoms with Crippen LogP contribution in [0.2, 0.25) is 0 Å². The fourth-order valence-corrected chi connectivity index (χ4v) is 2.71. The zero-order chi connectivity index (χ0) is 14.7. The fourth-order valence-electron chi connectivity index (χ4n) is 2.46. The number of nitrogens with zero attached hydrogens (tertiary/aromatic N) is 1. The third kappa shape index (κ3) is 2.69. The second-order valence-electron chi connectivity index (χ2n) is 4.70. The Labute approximate surface area is 132 Å². The van der Waals surface area contributed by atoms with E-state index in [0.29, 0.717) is 0 Å². The molecule has 0 unspecified atom stereocenters. The van der Waals surface area contributed by atoms with Gasteiger partial charge >= 0.3 is 0 Å². The first-order valence-electron chi connectivity index (χ1n) is 6.73. The van der Waals surface area contributed by atoms with Gasteiger partial charge in [0, 0.05) is 11.1 Å². The highest BCUT2D eigenvalue weighted by Gasteiger charge is 2.18. The molecule has 21 heavy (non-hydrogen) atoms. The minimum absolute atomic E-state index is 0.0116. The van der Waals surface area contributed by atoms with E-state index < -0.39 is 0 Å². The molecule has 0 heterocycles. The summed E-state index contributed by atoms with van der Waals surface area (Å²) in [5, 5.41) is 2.47. The van der Waals surface area contributed by atoms with Crippen LogP contribution in [0, 0.1) is 0 Å². The SMILES string of the molecule is O=C(CBr)N(c1ccccc1)c1cccc2ccccc12. The van der Waals surface area contributed by atoms with Crippen molar-refractivity contribution in [2.45, 2.75) is 0 Å². The number of fused-ring (bicyclic) bond motifs is 1. The van der Waals surface area contributed by atoms with Crippen LogP contribution in [0.3, 0.4) is 0 Å². The molecule has 0 fully saturated rings. The smallest absolute Gasteiger partial charge is 0.242 e. The highest BCUT2D eigenvalue weighted by molar-refractivity contribution is 9.09. The summed E-state index contributed by atoms with van der Waals surface area (Å²) in [6.07, 6.45) is 0. The second kappa shape index (κ2) is 6.10. The summed E-state index contributed by atoms with van der Waals surface area (Å²) in [6, 6.07) is 23.8. The molecule has 0 saturated carbocycles. The van der Waals surface area contributed by atoms with E-state index in [9.17, 15) is 4.79 Å². The topological polar surface area (TPSA) is 20.3 Å². The van der Waals surface area contributed by atoms with E-state index in [1.807, 2.05) is 60.7 Å². The number of amides is 1. The largest absolute Gasteiger partial charge is 0.280 e. The van der Waals surface area contributed by atoms with Crippen LogP contribution in [-0.2, 0) is 4.79 Å². The molecule has 0 bridgehead atoms. The lowest BCUT2D eigenvalue weighted by Gasteiger charge is -2.23. The molecule has 0 aliphatic heterocycles. The summed E-state index contributed by atoms with van der Waals surface area (Å²) in [5.41, 5.74) is 1.78. The van der Waals surface area contributed by atoms with Crippen LogP contribution in [-0.4, -0.2) is 11.2 Å². The molecule has 1 amide bonds. The Hall–Kier alpha value is -2.13. The first-order valence-corrected chi connectivity index (χ1v) is 7.85. The molecule has 0 saturated heterocycles. The number of carbonyl (C=O) groups excluding carboxylic acids is 1. The van der Waals surface area contributed by atoms with E-state index in [0.717, 1.165) is 22.1 Å². The quantitative estimate of drug-likeness (QED) is 0.621. The van der Waals surface area contributed by atoms with Crippen LogP contribution < -0.4 is 4.90 Å². The van der Waals surface area contributed by atoms with Gasteiger partial charge in [0.1, 0.15) is 0 Å². The average molecular weight is 340 g/mol. The lowest BCUT2D eigenvalue weighted by molar-refractivity contribution is -0.115. The van der Waals surface area contributed by atoms with E-state index in [4.69, 9.17) is 0 Å². The Kier molecular flexibility index (Phi) is 4.02. The Morgan fingerprint density at radius 1 is 0.857 bits per heavy atom. The third-order valence-electron chi connectivity index (χ3n) is 3.39. The number of halogens is 1. The maximum Gasteiger partial charge on any atom is 0.242 e. The summed E-state index contributed by atoms with van der Waals surface area (Å²) >= 11 is 3.28. The van der Waals surface area contributed by atoms with Crippen LogP contribution in [0.25, 0.3) is 10.8 Å². The van der Waals surface area contributed by atoms with Crippen molar-refractivity contribution < 1.29 is 4.79 Å². The van der Waals surface area contributed by atoms with Gasteiger partial charge in [0.2, 0.25) is 5.91 Å². The minimum Gasteiger partial charge on any atom is -0.280 e. The number of alkyl halides is 1. The van der Waals surface area contributed by atoms with E-state index in [2.05, 4.69) is 28.1 Å². The van der Waals surface area contributed by atoms with E-state index in [1.54, 1.807) is 4.90 Å². The van der Waals surface area contributed by atoms with Gasteiger partial charge in [-0.1, -0.05) is 70.5 Å². The van der Waals surface area contributed by atoms with Crippen LogP contribution in [0.15, 0.2) is 72.8 Å². The van der Waals surface area contributed by atoms with Crippen LogP contribution in [0.5, 0.6) is 0 Å². The highest BCUT2D eigenvalue weighted by Crippen LogP contribution is 2.32. The molecule has 0 N–H and O–H groups in total. The molecule has 0 aromatic heterocycles. The fraction of sp³-hybridized carbons (Fsp3) is 0.0556. The third-order valence-corrected chi connectivity index (χ3v) is 3.87. The van der Waals surface area contributed by atoms with Gasteiger partial charge in [-0.3, -0.25) is 9.69 Å². The molecule has 3 rings (SSSR count). The molecular formula is C18H14BrNO. The van der Waals surface area contributed by atoms with E-state index in [-0.39, 0.29) is 11.2 Å². The van der Waals surface area contributed by atoms with Gasteiger partial charge in [-0.15, -0.1) is 0 Å². The lowest BCUT2D eigenvalue weighted by atomic mass is 10.1. The minimum atomic E-state index is 0.0116. The molecule has 0 spiro atoms. The molecular weight excluding hydrogens is 326 g/mol. The molecule has 0 radical (unpaired) electrons. The number of benzene rings is 3. The summed E-state index contributed by atoms with van der Waals surface area (Å²) in [7, 11) is 0. The normalized spacial score (nSPS) is 10.5. The summed E-state index contributed by atoms with van der Waals surface area (Å²) in [6.45, 7) is 0. The summed E-state index contributed by atoms with van der Waals surface area (Å²) in [5.74, 6) is 0.0116. The van der Waals surface area contributed by atoms with Gasteiger partial charge in [-0.25, -0.2) is 0 Å². The number of anilines is 2. The number of carbonyl (C=O) groups is 1. The Balaban J connectivity index is 2.22. The van der Waals surface area contributed by atoms with Crippen molar-refractivity contribution in [2.75, 3.05) is 10.2 Å². The first-order chi connectivity index (χ1) is 10.3. The molecule has 0 aliphatic carbocycles. The summed E-state index contributed by atoms with van der Waals surface area (Å²) < 4.78 is 0. The molecule has 3 aromatic carbocycles. The van der Waals surface area contributed by atoms with Crippen molar-refractivity contribution in [3.05, 3.63) is 72.8 Å².